The van der Waals surface area contributed by atoms with Gasteiger partial charge in [-0.3, -0.25) is 33.6 Å². The third-order valence-corrected chi connectivity index (χ3v) is 9.31. The lowest BCUT2D eigenvalue weighted by atomic mass is 10.00. The van der Waals surface area contributed by atoms with E-state index in [0.29, 0.717) is 12.0 Å². The maximum absolute atomic E-state index is 14.1. The maximum atomic E-state index is 14.1. The molecule has 0 aliphatic carbocycles. The van der Waals surface area contributed by atoms with E-state index >= 15 is 0 Å². The number of aromatic hydroxyl groups is 1. The van der Waals surface area contributed by atoms with Crippen molar-refractivity contribution in [2.75, 3.05) is 13.2 Å². The van der Waals surface area contributed by atoms with Gasteiger partial charge in [0.15, 0.2) is 0 Å². The molecule has 1 aromatic rings. The molecule has 0 saturated carbocycles. The van der Waals surface area contributed by atoms with E-state index in [1.165, 1.54) is 36.1 Å². The van der Waals surface area contributed by atoms with Gasteiger partial charge in [-0.2, -0.15) is 0 Å². The van der Waals surface area contributed by atoms with Crippen LogP contribution >= 0.6 is 0 Å². The van der Waals surface area contributed by atoms with E-state index < -0.39 is 108 Å². The van der Waals surface area contributed by atoms with Gasteiger partial charge in [0.25, 0.3) is 0 Å². The average molecular weight is 807 g/mol. The van der Waals surface area contributed by atoms with E-state index in [9.17, 15) is 58.8 Å². The zero-order chi connectivity index (χ0) is 43.1. The molecule has 2 rings (SSSR count). The first kappa shape index (κ1) is 47.8. The molecule has 0 unspecified atom stereocenters. The fourth-order valence-electron chi connectivity index (χ4n) is 6.15. The number of aliphatic hydroxyl groups excluding tert-OH is 2. The van der Waals surface area contributed by atoms with E-state index in [0.717, 1.165) is 0 Å². The van der Waals surface area contributed by atoms with Crippen LogP contribution < -0.4 is 38.1 Å². The van der Waals surface area contributed by atoms with Crippen molar-refractivity contribution in [3.8, 4) is 5.75 Å². The summed E-state index contributed by atoms with van der Waals surface area (Å²) in [6, 6.07) is -3.55. The number of aliphatic carboxylic acids is 1. The zero-order valence-corrected chi connectivity index (χ0v) is 32.9. The molecule has 7 amide bonds. The largest absolute Gasteiger partial charge is 0.508 e. The number of carbonyl (C=O) groups is 8. The third-order valence-electron chi connectivity index (χ3n) is 9.31. The lowest BCUT2D eigenvalue weighted by Gasteiger charge is -2.31. The summed E-state index contributed by atoms with van der Waals surface area (Å²) in [5, 5.41) is 51.2. The highest BCUT2D eigenvalue weighted by Gasteiger charge is 2.40. The van der Waals surface area contributed by atoms with Crippen LogP contribution in [0.2, 0.25) is 0 Å². The van der Waals surface area contributed by atoms with Crippen LogP contribution in [0.25, 0.3) is 0 Å². The van der Waals surface area contributed by atoms with Crippen LogP contribution in [0.4, 0.5) is 0 Å². The predicted molar refractivity (Wildman–Crippen MR) is 203 cm³/mol. The maximum Gasteiger partial charge on any atom is 0.326 e. The molecule has 1 fully saturated rings. The van der Waals surface area contributed by atoms with Crippen molar-refractivity contribution in [3.63, 3.8) is 0 Å². The first-order valence-electron chi connectivity index (χ1n) is 18.8. The number of nitrogens with one attached hydrogen (secondary N) is 5. The smallest absolute Gasteiger partial charge is 0.326 e. The summed E-state index contributed by atoms with van der Waals surface area (Å²) < 4.78 is 0. The number of phenols is 1. The van der Waals surface area contributed by atoms with Crippen molar-refractivity contribution in [2.45, 2.75) is 122 Å². The Labute approximate surface area is 330 Å². The molecule has 0 bridgehead atoms. The molecule has 0 radical (unpaired) electrons. The monoisotopic (exact) mass is 806 g/mol. The Bertz CT molecular complexity index is 1590. The number of likely N-dealkylation sites (tertiary alicyclic amines) is 1. The number of hydrogen-bond donors (Lipinski definition) is 11. The van der Waals surface area contributed by atoms with Gasteiger partial charge in [0.1, 0.15) is 48.0 Å². The van der Waals surface area contributed by atoms with Gasteiger partial charge in [0.2, 0.25) is 41.4 Å². The minimum atomic E-state index is -1.65. The third kappa shape index (κ3) is 14.9. The Kier molecular flexibility index (Phi) is 18.8. The minimum Gasteiger partial charge on any atom is -0.508 e. The van der Waals surface area contributed by atoms with Crippen LogP contribution in [-0.2, 0) is 44.8 Å². The van der Waals surface area contributed by atoms with Crippen molar-refractivity contribution < 1.29 is 58.8 Å². The minimum absolute atomic E-state index is 0.0261. The molecule has 0 spiro atoms. The van der Waals surface area contributed by atoms with Crippen LogP contribution in [0, 0.1) is 11.8 Å². The zero-order valence-electron chi connectivity index (χ0n) is 32.9. The highest BCUT2D eigenvalue weighted by atomic mass is 16.4. The van der Waals surface area contributed by atoms with E-state index in [-0.39, 0.29) is 50.3 Å². The quantitative estimate of drug-likeness (QED) is 0.0561. The highest BCUT2D eigenvalue weighted by molar-refractivity contribution is 5.97. The Morgan fingerprint density at radius 1 is 0.807 bits per heavy atom. The van der Waals surface area contributed by atoms with Gasteiger partial charge >= 0.3 is 5.97 Å². The number of carboxylic acids is 1. The molecule has 1 heterocycles. The number of rotatable bonds is 22. The van der Waals surface area contributed by atoms with Crippen molar-refractivity contribution in [2.24, 2.45) is 23.3 Å². The Balaban J connectivity index is 2.33. The standard InChI is InChI=1S/C37H58N8O12/c1-18(2)15-26(42-33(52)25(41-31(50)23(38)17-46)16-21-8-10-22(48)11-9-21)36(55)45-14-6-7-27(45)34(53)40-24(12-13-28(39)49)32(51)44-30(20(5)47)35(54)43-29(19(3)4)37(56)57/h8-11,18-20,23-27,29-30,46-48H,6-7,12-17,38H2,1-5H3,(H2,39,49)(H,40,53)(H,41,50)(H,42,52)(H,43,54)(H,44,51)(H,56,57)/t20-,23+,24+,25+,26+,27+,29+,30+/m1/s1. The van der Waals surface area contributed by atoms with Gasteiger partial charge in [-0.05, 0) is 62.1 Å². The average Bonchev–Trinajstić information content (AvgIpc) is 3.63. The van der Waals surface area contributed by atoms with Gasteiger partial charge < -0.3 is 63.4 Å². The Morgan fingerprint density at radius 2 is 1.39 bits per heavy atom. The second-order valence-electron chi connectivity index (χ2n) is 15.0. The number of primary amides is 1. The highest BCUT2D eigenvalue weighted by Crippen LogP contribution is 2.21. The first-order chi connectivity index (χ1) is 26.7. The van der Waals surface area contributed by atoms with Gasteiger partial charge in [0.05, 0.1) is 12.7 Å². The van der Waals surface area contributed by atoms with E-state index in [1.54, 1.807) is 13.8 Å². The molecule has 20 heteroatoms. The van der Waals surface area contributed by atoms with E-state index in [2.05, 4.69) is 26.6 Å². The summed E-state index contributed by atoms with van der Waals surface area (Å²) in [4.78, 5) is 105. The van der Waals surface area contributed by atoms with Gasteiger partial charge in [-0.25, -0.2) is 4.79 Å². The number of carboxylic acid groups (broad SMARTS) is 1. The summed E-state index contributed by atoms with van der Waals surface area (Å²) in [6.45, 7) is 7.31. The SMILES string of the molecule is CC(C)C[C@H](NC(=O)[C@H](Cc1ccc(O)cc1)NC(=O)[C@@H](N)CO)C(=O)N1CCC[C@H]1C(=O)N[C@@H](CCC(N)=O)C(=O)N[C@H](C(=O)N[C@H](C(=O)O)C(C)C)[C@@H](C)O. The molecular weight excluding hydrogens is 748 g/mol. The molecule has 0 aromatic heterocycles. The number of phenolic OH excluding ortho intramolecular Hbond substituents is 1. The molecule has 8 atom stereocenters. The molecular formula is C37H58N8O12. The van der Waals surface area contributed by atoms with Crippen LogP contribution in [0.1, 0.15) is 72.3 Å². The lowest BCUT2D eigenvalue weighted by Crippen LogP contribution is -2.61. The van der Waals surface area contributed by atoms with Crippen LogP contribution in [0.3, 0.4) is 0 Å². The second-order valence-corrected chi connectivity index (χ2v) is 15.0. The number of benzene rings is 1. The van der Waals surface area contributed by atoms with E-state index in [4.69, 9.17) is 11.5 Å². The number of hydrogen-bond acceptors (Lipinski definition) is 12. The van der Waals surface area contributed by atoms with Crippen molar-refractivity contribution >= 4 is 47.3 Å². The summed E-state index contributed by atoms with van der Waals surface area (Å²) >= 11 is 0. The Hall–Kier alpha value is -5.34. The van der Waals surface area contributed by atoms with Crippen LogP contribution in [0.5, 0.6) is 5.75 Å². The molecule has 1 saturated heterocycles. The molecule has 1 aliphatic heterocycles. The number of amides is 7. The van der Waals surface area contributed by atoms with E-state index in [1.807, 2.05) is 13.8 Å². The summed E-state index contributed by atoms with van der Waals surface area (Å²) in [7, 11) is 0. The second kappa shape index (κ2) is 22.4. The predicted octanol–water partition coefficient (Wildman–Crippen LogP) is -2.90. The van der Waals surface area contributed by atoms with Crippen molar-refractivity contribution in [3.05, 3.63) is 29.8 Å². The normalized spacial score (nSPS) is 17.6. The summed E-state index contributed by atoms with van der Waals surface area (Å²) in [6.07, 6.45) is -1.64. The van der Waals surface area contributed by atoms with Crippen LogP contribution in [0.15, 0.2) is 24.3 Å². The molecule has 13 N–H and O–H groups in total. The topological polar surface area (TPSA) is 333 Å². The molecule has 57 heavy (non-hydrogen) atoms. The number of aliphatic hydroxyl groups is 2. The van der Waals surface area contributed by atoms with Crippen LogP contribution in [-0.4, -0.2) is 134 Å². The number of nitrogens with zero attached hydrogens (tertiary/aromatic N) is 1. The summed E-state index contributed by atoms with van der Waals surface area (Å²) in [5.41, 5.74) is 11.5. The van der Waals surface area contributed by atoms with Gasteiger partial charge in [-0.15, -0.1) is 0 Å². The Morgan fingerprint density at radius 3 is 1.91 bits per heavy atom. The summed E-state index contributed by atoms with van der Waals surface area (Å²) in [5.74, 6) is -7.87. The fourth-order valence-corrected chi connectivity index (χ4v) is 6.15. The number of nitrogens with two attached hydrogens (primary N) is 2. The molecule has 20 nitrogen and oxygen atoms in total. The number of carbonyl (C=O) groups excluding carboxylic acids is 7. The molecule has 1 aromatic carbocycles. The lowest BCUT2D eigenvalue weighted by molar-refractivity contribution is -0.144. The first-order valence-corrected chi connectivity index (χ1v) is 18.8. The van der Waals surface area contributed by atoms with Gasteiger partial charge in [0, 0.05) is 19.4 Å². The van der Waals surface area contributed by atoms with Gasteiger partial charge in [-0.1, -0.05) is 39.8 Å². The molecule has 1 aliphatic rings. The van der Waals surface area contributed by atoms with Crippen molar-refractivity contribution in [1.82, 2.24) is 31.5 Å². The molecule has 318 valence electrons. The fraction of sp³-hybridized carbons (Fsp3) is 0.622. The van der Waals surface area contributed by atoms with Crippen molar-refractivity contribution in [1.29, 1.82) is 0 Å².